The van der Waals surface area contributed by atoms with Gasteiger partial charge >= 0.3 is 0 Å². The number of hydrogen-bond acceptors (Lipinski definition) is 3. The summed E-state index contributed by atoms with van der Waals surface area (Å²) in [6.45, 7) is 2.80. The summed E-state index contributed by atoms with van der Waals surface area (Å²) >= 11 is 0. The summed E-state index contributed by atoms with van der Waals surface area (Å²) in [6, 6.07) is 16.3. The molecular weight excluding hydrogens is 338 g/mol. The van der Waals surface area contributed by atoms with E-state index in [0.29, 0.717) is 12.2 Å². The lowest BCUT2D eigenvalue weighted by Crippen LogP contribution is -2.39. The van der Waals surface area contributed by atoms with Crippen LogP contribution >= 0.6 is 0 Å². The number of nitrogens with zero attached hydrogens (tertiary/aromatic N) is 3. The van der Waals surface area contributed by atoms with E-state index < -0.39 is 0 Å². The third-order valence-electron chi connectivity index (χ3n) is 5.43. The Hall–Kier alpha value is -3.08. The molecular formula is C22H23N3O2. The highest BCUT2D eigenvalue weighted by Crippen LogP contribution is 2.36. The smallest absolute Gasteiger partial charge is 0.272 e. The zero-order valence-electron chi connectivity index (χ0n) is 15.8. The number of benzene rings is 2. The monoisotopic (exact) mass is 361 g/mol. The van der Waals surface area contributed by atoms with E-state index in [9.17, 15) is 4.79 Å². The Morgan fingerprint density at radius 1 is 1.15 bits per heavy atom. The van der Waals surface area contributed by atoms with Crippen molar-refractivity contribution in [3.8, 4) is 16.9 Å². The molecule has 3 aromatic rings. The van der Waals surface area contributed by atoms with Crippen LogP contribution in [-0.4, -0.2) is 34.2 Å². The summed E-state index contributed by atoms with van der Waals surface area (Å²) in [5, 5.41) is 4.13. The molecule has 0 aliphatic carbocycles. The molecule has 27 heavy (non-hydrogen) atoms. The first-order chi connectivity index (χ1) is 13.1. The van der Waals surface area contributed by atoms with E-state index in [-0.39, 0.29) is 11.9 Å². The number of methoxy groups -OCH3 is 1. The van der Waals surface area contributed by atoms with Gasteiger partial charge in [-0.2, -0.15) is 5.10 Å². The van der Waals surface area contributed by atoms with Gasteiger partial charge in [0.15, 0.2) is 0 Å². The molecule has 0 spiro atoms. The molecule has 2 heterocycles. The van der Waals surface area contributed by atoms with Gasteiger partial charge in [0.25, 0.3) is 5.91 Å². The number of rotatable bonds is 3. The molecule has 1 aromatic heterocycles. The van der Waals surface area contributed by atoms with E-state index in [0.717, 1.165) is 12.2 Å². The van der Waals surface area contributed by atoms with Crippen molar-refractivity contribution in [1.29, 1.82) is 0 Å². The van der Waals surface area contributed by atoms with Crippen LogP contribution in [0.15, 0.2) is 54.7 Å². The van der Waals surface area contributed by atoms with Gasteiger partial charge in [-0.15, -0.1) is 0 Å². The van der Waals surface area contributed by atoms with Gasteiger partial charge in [0, 0.05) is 19.8 Å². The predicted octanol–water partition coefficient (Wildman–Crippen LogP) is 3.86. The Labute approximate surface area is 159 Å². The number of aryl methyl sites for hydroxylation is 1. The maximum atomic E-state index is 13.0. The minimum absolute atomic E-state index is 0.0225. The van der Waals surface area contributed by atoms with Crippen LogP contribution in [0.5, 0.6) is 5.75 Å². The van der Waals surface area contributed by atoms with E-state index >= 15 is 0 Å². The Morgan fingerprint density at radius 3 is 2.59 bits per heavy atom. The minimum atomic E-state index is 0.0225. The van der Waals surface area contributed by atoms with Gasteiger partial charge in [0.1, 0.15) is 11.4 Å². The first-order valence-corrected chi connectivity index (χ1v) is 9.15. The van der Waals surface area contributed by atoms with E-state index in [4.69, 9.17) is 4.74 Å². The zero-order valence-corrected chi connectivity index (χ0v) is 15.8. The molecule has 1 aliphatic rings. The summed E-state index contributed by atoms with van der Waals surface area (Å²) in [6.07, 6.45) is 2.50. The van der Waals surface area contributed by atoms with Crippen molar-refractivity contribution in [2.75, 3.05) is 13.7 Å². The lowest BCUT2D eigenvalue weighted by Gasteiger charge is -2.36. The van der Waals surface area contributed by atoms with Gasteiger partial charge in [-0.1, -0.05) is 30.3 Å². The Bertz CT molecular complexity index is 975. The van der Waals surface area contributed by atoms with Crippen LogP contribution in [0.25, 0.3) is 11.1 Å². The number of hydrogen-bond donors (Lipinski definition) is 0. The van der Waals surface area contributed by atoms with Gasteiger partial charge in [-0.3, -0.25) is 9.48 Å². The average molecular weight is 361 g/mol. The van der Waals surface area contributed by atoms with Crippen LogP contribution in [0, 0.1) is 0 Å². The van der Waals surface area contributed by atoms with Gasteiger partial charge < -0.3 is 9.64 Å². The van der Waals surface area contributed by atoms with E-state index in [1.165, 1.54) is 22.3 Å². The fourth-order valence-corrected chi connectivity index (χ4v) is 3.92. The Morgan fingerprint density at radius 2 is 1.93 bits per heavy atom. The standard InChI is InChI=1S/C22H23N3O2/c1-15-18-5-4-6-19(16-7-9-17(27-3)10-8-16)20(18)12-14-25(15)22(26)21-11-13-23-24(21)2/h4-11,13,15H,12,14H2,1-3H3/t15-/m1/s1. The molecule has 0 N–H and O–H groups in total. The van der Waals surface area contributed by atoms with Crippen molar-refractivity contribution in [1.82, 2.24) is 14.7 Å². The Balaban J connectivity index is 1.68. The number of fused-ring (bicyclic) bond motifs is 1. The molecule has 0 saturated carbocycles. The van der Waals surface area contributed by atoms with E-state index in [1.54, 1.807) is 31.1 Å². The van der Waals surface area contributed by atoms with E-state index in [1.807, 2.05) is 17.0 Å². The summed E-state index contributed by atoms with van der Waals surface area (Å²) < 4.78 is 6.91. The lowest BCUT2D eigenvalue weighted by atomic mass is 9.87. The van der Waals surface area contributed by atoms with Gasteiger partial charge in [0.05, 0.1) is 13.2 Å². The third kappa shape index (κ3) is 2.99. The average Bonchev–Trinajstić information content (AvgIpc) is 3.13. The molecule has 0 unspecified atom stereocenters. The largest absolute Gasteiger partial charge is 0.497 e. The normalized spacial score (nSPS) is 16.1. The number of amides is 1. The van der Waals surface area contributed by atoms with Crippen LogP contribution in [0.2, 0.25) is 0 Å². The summed E-state index contributed by atoms with van der Waals surface area (Å²) in [5.41, 5.74) is 5.56. The van der Waals surface area contributed by atoms with Gasteiger partial charge in [0.2, 0.25) is 0 Å². The highest BCUT2D eigenvalue weighted by Gasteiger charge is 2.30. The van der Waals surface area contributed by atoms with Gasteiger partial charge in [-0.05, 0) is 53.8 Å². The first kappa shape index (κ1) is 17.3. The summed E-state index contributed by atoms with van der Waals surface area (Å²) in [5.74, 6) is 0.882. The summed E-state index contributed by atoms with van der Waals surface area (Å²) in [4.78, 5) is 14.9. The molecule has 1 aliphatic heterocycles. The predicted molar refractivity (Wildman–Crippen MR) is 105 cm³/mol. The summed E-state index contributed by atoms with van der Waals surface area (Å²) in [7, 11) is 3.48. The second-order valence-corrected chi connectivity index (χ2v) is 6.87. The second-order valence-electron chi connectivity index (χ2n) is 6.87. The van der Waals surface area contributed by atoms with Crippen molar-refractivity contribution < 1.29 is 9.53 Å². The van der Waals surface area contributed by atoms with E-state index in [2.05, 4.69) is 42.4 Å². The van der Waals surface area contributed by atoms with Crippen LogP contribution in [0.4, 0.5) is 0 Å². The second kappa shape index (κ2) is 6.91. The van der Waals surface area contributed by atoms with Crippen LogP contribution in [0.1, 0.15) is 34.6 Å². The highest BCUT2D eigenvalue weighted by atomic mass is 16.5. The number of ether oxygens (including phenoxy) is 1. The fraction of sp³-hybridized carbons (Fsp3) is 0.273. The molecule has 0 bridgehead atoms. The van der Waals surface area contributed by atoms with Crippen molar-refractivity contribution in [3.05, 3.63) is 71.5 Å². The number of carbonyl (C=O) groups is 1. The SMILES string of the molecule is COc1ccc(-c2cccc3c2CCN(C(=O)c2ccnn2C)[C@@H]3C)cc1. The molecule has 0 fully saturated rings. The Kier molecular flexibility index (Phi) is 4.44. The third-order valence-corrected chi connectivity index (χ3v) is 5.43. The van der Waals surface area contributed by atoms with Gasteiger partial charge in [-0.25, -0.2) is 0 Å². The molecule has 0 saturated heterocycles. The van der Waals surface area contributed by atoms with Crippen molar-refractivity contribution in [2.45, 2.75) is 19.4 Å². The number of carbonyl (C=O) groups excluding carboxylic acids is 1. The first-order valence-electron chi connectivity index (χ1n) is 9.15. The molecule has 1 atom stereocenters. The van der Waals surface area contributed by atoms with Crippen LogP contribution in [-0.2, 0) is 13.5 Å². The molecule has 5 heteroatoms. The number of aromatic nitrogens is 2. The molecule has 0 radical (unpaired) electrons. The fourth-order valence-electron chi connectivity index (χ4n) is 3.92. The van der Waals surface area contributed by atoms with Crippen molar-refractivity contribution >= 4 is 5.91 Å². The van der Waals surface area contributed by atoms with Crippen LogP contribution in [0.3, 0.4) is 0 Å². The molecule has 4 rings (SSSR count). The maximum Gasteiger partial charge on any atom is 0.272 e. The lowest BCUT2D eigenvalue weighted by molar-refractivity contribution is 0.0666. The molecule has 5 nitrogen and oxygen atoms in total. The maximum absolute atomic E-state index is 13.0. The molecule has 1 amide bonds. The van der Waals surface area contributed by atoms with Crippen molar-refractivity contribution in [2.24, 2.45) is 7.05 Å². The highest BCUT2D eigenvalue weighted by molar-refractivity contribution is 5.93. The topological polar surface area (TPSA) is 47.4 Å². The molecule has 2 aromatic carbocycles. The van der Waals surface area contributed by atoms with Crippen LogP contribution < -0.4 is 4.74 Å². The van der Waals surface area contributed by atoms with Crippen molar-refractivity contribution in [3.63, 3.8) is 0 Å². The quantitative estimate of drug-likeness (QED) is 0.712. The minimum Gasteiger partial charge on any atom is -0.497 e. The zero-order chi connectivity index (χ0) is 19.0. The molecule has 138 valence electrons.